The van der Waals surface area contributed by atoms with E-state index in [1.54, 1.807) is 6.92 Å². The second-order valence-electron chi connectivity index (χ2n) is 6.10. The molecule has 0 radical (unpaired) electrons. The van der Waals surface area contributed by atoms with Crippen molar-refractivity contribution < 1.29 is 4.79 Å². The van der Waals surface area contributed by atoms with Crippen molar-refractivity contribution in [2.45, 2.75) is 73.6 Å². The van der Waals surface area contributed by atoms with Gasteiger partial charge in [0.1, 0.15) is 5.78 Å². The van der Waals surface area contributed by atoms with Gasteiger partial charge in [-0.2, -0.15) is 0 Å². The van der Waals surface area contributed by atoms with Gasteiger partial charge in [-0.15, -0.1) is 0 Å². The van der Waals surface area contributed by atoms with Crippen LogP contribution in [0.25, 0.3) is 0 Å². The molecular weight excluding hydrogens is 184 g/mol. The summed E-state index contributed by atoms with van der Waals surface area (Å²) in [5, 5.41) is 0. The molecule has 0 spiro atoms. The molecule has 0 aromatic carbocycles. The molecule has 0 atom stereocenters. The van der Waals surface area contributed by atoms with Crippen LogP contribution >= 0.6 is 0 Å². The van der Waals surface area contributed by atoms with E-state index in [-0.39, 0.29) is 10.8 Å². The number of carbonyl (C=O) groups excluding carboxylic acids is 1. The third-order valence-electron chi connectivity index (χ3n) is 3.93. The first-order valence-electron chi connectivity index (χ1n) is 6.22. The summed E-state index contributed by atoms with van der Waals surface area (Å²) in [6.45, 7) is 13.0. The molecule has 0 fully saturated rings. The molecule has 1 heteroatoms. The van der Waals surface area contributed by atoms with Crippen LogP contribution in [0.5, 0.6) is 0 Å². The van der Waals surface area contributed by atoms with Crippen molar-refractivity contribution in [2.75, 3.05) is 0 Å². The van der Waals surface area contributed by atoms with Crippen molar-refractivity contribution in [3.63, 3.8) is 0 Å². The van der Waals surface area contributed by atoms with Gasteiger partial charge in [0.25, 0.3) is 0 Å². The van der Waals surface area contributed by atoms with Crippen molar-refractivity contribution in [1.29, 1.82) is 0 Å². The molecule has 0 amide bonds. The van der Waals surface area contributed by atoms with Crippen molar-refractivity contribution in [3.05, 3.63) is 0 Å². The topological polar surface area (TPSA) is 17.1 Å². The van der Waals surface area contributed by atoms with E-state index in [2.05, 4.69) is 34.6 Å². The van der Waals surface area contributed by atoms with Gasteiger partial charge in [-0.25, -0.2) is 0 Å². The largest absolute Gasteiger partial charge is 0.300 e. The molecule has 0 saturated carbocycles. The highest BCUT2D eigenvalue weighted by Gasteiger charge is 2.36. The summed E-state index contributed by atoms with van der Waals surface area (Å²) >= 11 is 0. The van der Waals surface area contributed by atoms with Crippen molar-refractivity contribution in [2.24, 2.45) is 10.8 Å². The van der Waals surface area contributed by atoms with Gasteiger partial charge in [-0.3, -0.25) is 0 Å². The Bertz CT molecular complexity index is 201. The smallest absolute Gasteiger partial charge is 0.130 e. The number of ketones is 1. The standard InChI is InChI=1S/C14H28O/c1-7-8-9-10-13(3,4)14(5,6)11-12(2)15/h7-11H2,1-6H3. The summed E-state index contributed by atoms with van der Waals surface area (Å²) in [4.78, 5) is 11.2. The lowest BCUT2D eigenvalue weighted by Gasteiger charge is -2.41. The number of Topliss-reactive ketones (excluding diaryl/α,β-unsaturated/α-hetero) is 1. The summed E-state index contributed by atoms with van der Waals surface area (Å²) in [5.74, 6) is 0.309. The second kappa shape index (κ2) is 5.67. The molecule has 0 unspecified atom stereocenters. The molecule has 0 aromatic heterocycles. The highest BCUT2D eigenvalue weighted by atomic mass is 16.1. The first kappa shape index (κ1) is 14.7. The zero-order valence-electron chi connectivity index (χ0n) is 11.4. The van der Waals surface area contributed by atoms with E-state index in [0.717, 1.165) is 0 Å². The monoisotopic (exact) mass is 212 g/mol. The summed E-state index contributed by atoms with van der Waals surface area (Å²) in [5.41, 5.74) is 0.375. The van der Waals surface area contributed by atoms with Gasteiger partial charge >= 0.3 is 0 Å². The van der Waals surface area contributed by atoms with Gasteiger partial charge in [0.2, 0.25) is 0 Å². The fourth-order valence-corrected chi connectivity index (χ4v) is 2.02. The lowest BCUT2D eigenvalue weighted by atomic mass is 9.63. The van der Waals surface area contributed by atoms with Gasteiger partial charge in [0.05, 0.1) is 0 Å². The highest BCUT2D eigenvalue weighted by Crippen LogP contribution is 2.45. The van der Waals surface area contributed by atoms with Gasteiger partial charge < -0.3 is 4.79 Å². The number of carbonyl (C=O) groups is 1. The van der Waals surface area contributed by atoms with E-state index >= 15 is 0 Å². The van der Waals surface area contributed by atoms with E-state index in [1.165, 1.54) is 25.7 Å². The molecule has 0 aliphatic carbocycles. The molecule has 0 saturated heterocycles. The zero-order chi connectivity index (χ0) is 12.1. The summed E-state index contributed by atoms with van der Waals surface area (Å²) in [7, 11) is 0. The average molecular weight is 212 g/mol. The Labute approximate surface area is 95.6 Å². The van der Waals surface area contributed by atoms with E-state index < -0.39 is 0 Å². The maximum absolute atomic E-state index is 11.2. The first-order chi connectivity index (χ1) is 6.73. The lowest BCUT2D eigenvalue weighted by Crippen LogP contribution is -2.34. The minimum absolute atomic E-state index is 0.118. The van der Waals surface area contributed by atoms with Crippen LogP contribution in [0.2, 0.25) is 0 Å². The van der Waals surface area contributed by atoms with Crippen LogP contribution in [-0.4, -0.2) is 5.78 Å². The number of unbranched alkanes of at least 4 members (excludes halogenated alkanes) is 2. The predicted octanol–water partition coefficient (Wildman–Crippen LogP) is 4.60. The van der Waals surface area contributed by atoms with Gasteiger partial charge in [-0.05, 0) is 24.2 Å². The van der Waals surface area contributed by atoms with Gasteiger partial charge in [0, 0.05) is 6.42 Å². The van der Waals surface area contributed by atoms with Crippen molar-refractivity contribution in [1.82, 2.24) is 0 Å². The molecule has 0 aromatic rings. The third-order valence-corrected chi connectivity index (χ3v) is 3.93. The van der Waals surface area contributed by atoms with Crippen molar-refractivity contribution >= 4 is 5.78 Å². The molecule has 15 heavy (non-hydrogen) atoms. The van der Waals surface area contributed by atoms with Crippen LogP contribution in [0, 0.1) is 10.8 Å². The maximum atomic E-state index is 11.2. The average Bonchev–Trinajstić information content (AvgIpc) is 2.01. The molecule has 90 valence electrons. The molecule has 1 nitrogen and oxygen atoms in total. The number of hydrogen-bond donors (Lipinski definition) is 0. The predicted molar refractivity (Wildman–Crippen MR) is 67.0 cm³/mol. The van der Waals surface area contributed by atoms with Crippen LogP contribution in [0.4, 0.5) is 0 Å². The summed E-state index contributed by atoms with van der Waals surface area (Å²) in [6.07, 6.45) is 5.78. The third kappa shape index (κ3) is 4.81. The van der Waals surface area contributed by atoms with Gasteiger partial charge in [0.15, 0.2) is 0 Å². The van der Waals surface area contributed by atoms with Crippen LogP contribution in [0.1, 0.15) is 73.6 Å². The normalized spacial score (nSPS) is 12.9. The number of hydrogen-bond acceptors (Lipinski definition) is 1. The second-order valence-corrected chi connectivity index (χ2v) is 6.10. The lowest BCUT2D eigenvalue weighted by molar-refractivity contribution is -0.120. The minimum Gasteiger partial charge on any atom is -0.300 e. The van der Waals surface area contributed by atoms with Crippen molar-refractivity contribution in [3.8, 4) is 0 Å². The quantitative estimate of drug-likeness (QED) is 0.564. The summed E-state index contributed by atoms with van der Waals surface area (Å²) in [6, 6.07) is 0. The molecular formula is C14H28O. The van der Waals surface area contributed by atoms with Crippen LogP contribution in [-0.2, 0) is 4.79 Å². The Hall–Kier alpha value is -0.330. The van der Waals surface area contributed by atoms with Crippen LogP contribution < -0.4 is 0 Å². The Kier molecular flexibility index (Phi) is 5.55. The van der Waals surface area contributed by atoms with E-state index in [1.807, 2.05) is 0 Å². The fraction of sp³-hybridized carbons (Fsp3) is 0.929. The maximum Gasteiger partial charge on any atom is 0.130 e. The Morgan fingerprint density at radius 2 is 1.53 bits per heavy atom. The first-order valence-corrected chi connectivity index (χ1v) is 6.22. The Morgan fingerprint density at radius 1 is 1.00 bits per heavy atom. The number of rotatable bonds is 7. The zero-order valence-corrected chi connectivity index (χ0v) is 11.4. The van der Waals surface area contributed by atoms with E-state index in [9.17, 15) is 4.79 Å². The molecule has 0 rings (SSSR count). The highest BCUT2D eigenvalue weighted by molar-refractivity contribution is 5.76. The summed E-state index contributed by atoms with van der Waals surface area (Å²) < 4.78 is 0. The fourth-order valence-electron chi connectivity index (χ4n) is 2.02. The van der Waals surface area contributed by atoms with E-state index in [0.29, 0.717) is 12.2 Å². The van der Waals surface area contributed by atoms with E-state index in [4.69, 9.17) is 0 Å². The van der Waals surface area contributed by atoms with Gasteiger partial charge in [-0.1, -0.05) is 53.9 Å². The Balaban J connectivity index is 4.33. The molecule has 0 bridgehead atoms. The van der Waals surface area contributed by atoms with Crippen LogP contribution in [0.15, 0.2) is 0 Å². The molecule has 0 N–H and O–H groups in total. The Morgan fingerprint density at radius 3 is 1.93 bits per heavy atom. The van der Waals surface area contributed by atoms with Crippen LogP contribution in [0.3, 0.4) is 0 Å². The molecule has 0 aliphatic rings. The minimum atomic E-state index is 0.118. The molecule has 0 aliphatic heterocycles. The SMILES string of the molecule is CCCCCC(C)(C)C(C)(C)CC(C)=O. The molecule has 0 heterocycles.